The average Bonchev–Trinajstić information content (AvgIpc) is 2.73. The Labute approximate surface area is 191 Å². The number of unbranched alkanes of at least 4 members (excludes halogenated alkanes) is 10. The van der Waals surface area contributed by atoms with Gasteiger partial charge in [-0.3, -0.25) is 4.55 Å². The van der Waals surface area contributed by atoms with Crippen molar-refractivity contribution in [2.75, 3.05) is 6.61 Å². The Kier molecular flexibility index (Phi) is 14.9. The molecule has 31 heavy (non-hydrogen) atoms. The van der Waals surface area contributed by atoms with Crippen molar-refractivity contribution < 1.29 is 17.7 Å². The van der Waals surface area contributed by atoms with Gasteiger partial charge in [0.1, 0.15) is 5.75 Å². The summed E-state index contributed by atoms with van der Waals surface area (Å²) >= 11 is 0. The Morgan fingerprint density at radius 2 is 1.39 bits per heavy atom. The SMILES string of the molecule is CCCCCCCCc1ccc(OCCC(C)S(=O)(=O)O)c(CCCCCCCC)c1. The molecule has 0 saturated carbocycles. The van der Waals surface area contributed by atoms with Crippen LogP contribution < -0.4 is 4.74 Å². The maximum atomic E-state index is 11.2. The van der Waals surface area contributed by atoms with Crippen LogP contribution in [0.25, 0.3) is 0 Å². The molecule has 0 aliphatic rings. The number of hydrogen-bond acceptors (Lipinski definition) is 3. The third-order valence-electron chi connectivity index (χ3n) is 6.03. The number of rotatable bonds is 19. The van der Waals surface area contributed by atoms with Gasteiger partial charge in [-0.1, -0.05) is 90.2 Å². The van der Waals surface area contributed by atoms with E-state index in [1.54, 1.807) is 0 Å². The normalized spacial score (nSPS) is 12.8. The lowest BCUT2D eigenvalue weighted by Gasteiger charge is -2.15. The number of hydrogen-bond donors (Lipinski definition) is 1. The molecule has 0 amide bonds. The molecule has 1 aromatic rings. The summed E-state index contributed by atoms with van der Waals surface area (Å²) in [7, 11) is -4.00. The zero-order valence-electron chi connectivity index (χ0n) is 20.2. The third-order valence-corrected chi connectivity index (χ3v) is 7.29. The molecular weight excluding hydrogens is 408 g/mol. The fourth-order valence-electron chi connectivity index (χ4n) is 3.81. The van der Waals surface area contributed by atoms with Crippen molar-refractivity contribution >= 4 is 10.1 Å². The molecule has 4 nitrogen and oxygen atoms in total. The van der Waals surface area contributed by atoms with Crippen molar-refractivity contribution in [3.63, 3.8) is 0 Å². The molecule has 1 aromatic carbocycles. The van der Waals surface area contributed by atoms with Crippen LogP contribution in [0.1, 0.15) is 115 Å². The van der Waals surface area contributed by atoms with Crippen LogP contribution in [0.4, 0.5) is 0 Å². The molecule has 1 atom stereocenters. The van der Waals surface area contributed by atoms with Crippen molar-refractivity contribution in [1.29, 1.82) is 0 Å². The van der Waals surface area contributed by atoms with Crippen LogP contribution in [-0.4, -0.2) is 24.8 Å². The lowest BCUT2D eigenvalue weighted by Crippen LogP contribution is -2.19. The summed E-state index contributed by atoms with van der Waals surface area (Å²) in [5, 5.41) is -0.804. The molecule has 1 unspecified atom stereocenters. The van der Waals surface area contributed by atoms with Gasteiger partial charge in [0.15, 0.2) is 0 Å². The van der Waals surface area contributed by atoms with E-state index in [1.165, 1.54) is 88.7 Å². The van der Waals surface area contributed by atoms with Crippen LogP contribution in [0.15, 0.2) is 18.2 Å². The maximum absolute atomic E-state index is 11.2. The van der Waals surface area contributed by atoms with Crippen LogP contribution in [0.2, 0.25) is 0 Å². The second-order valence-corrected chi connectivity index (χ2v) is 10.8. The molecule has 1 rings (SSSR count). The van der Waals surface area contributed by atoms with Gasteiger partial charge in [-0.25, -0.2) is 0 Å². The highest BCUT2D eigenvalue weighted by Gasteiger charge is 2.17. The smallest absolute Gasteiger partial charge is 0.267 e. The largest absolute Gasteiger partial charge is 0.493 e. The summed E-state index contributed by atoms with van der Waals surface area (Å²) in [6.07, 6.45) is 17.8. The van der Waals surface area contributed by atoms with Crippen molar-refractivity contribution in [1.82, 2.24) is 0 Å². The molecule has 0 fully saturated rings. The second kappa shape index (κ2) is 16.5. The number of aryl methyl sites for hydroxylation is 2. The monoisotopic (exact) mass is 454 g/mol. The fourth-order valence-corrected chi connectivity index (χ4v) is 4.21. The maximum Gasteiger partial charge on any atom is 0.267 e. The summed E-state index contributed by atoms with van der Waals surface area (Å²) in [5.41, 5.74) is 2.61. The van der Waals surface area contributed by atoms with Gasteiger partial charge in [0.05, 0.1) is 11.9 Å². The van der Waals surface area contributed by atoms with Gasteiger partial charge >= 0.3 is 0 Å². The number of benzene rings is 1. The van der Waals surface area contributed by atoms with Gasteiger partial charge in [0.2, 0.25) is 0 Å². The Balaban J connectivity index is 2.61. The zero-order valence-corrected chi connectivity index (χ0v) is 21.0. The van der Waals surface area contributed by atoms with Crippen LogP contribution in [0, 0.1) is 0 Å². The molecule has 0 spiro atoms. The topological polar surface area (TPSA) is 63.6 Å². The van der Waals surface area contributed by atoms with E-state index in [0.717, 1.165) is 25.0 Å². The van der Waals surface area contributed by atoms with Crippen LogP contribution >= 0.6 is 0 Å². The Bertz CT molecular complexity index is 685. The molecule has 0 aromatic heterocycles. The minimum Gasteiger partial charge on any atom is -0.493 e. The molecule has 5 heteroatoms. The molecular formula is C26H46O4S. The number of ether oxygens (including phenoxy) is 1. The van der Waals surface area contributed by atoms with Gasteiger partial charge in [-0.05, 0) is 49.8 Å². The highest BCUT2D eigenvalue weighted by molar-refractivity contribution is 7.86. The van der Waals surface area contributed by atoms with Crippen molar-refractivity contribution in [2.24, 2.45) is 0 Å². The summed E-state index contributed by atoms with van der Waals surface area (Å²) in [5.74, 6) is 0.864. The van der Waals surface area contributed by atoms with Gasteiger partial charge in [0, 0.05) is 6.42 Å². The van der Waals surface area contributed by atoms with E-state index < -0.39 is 15.4 Å². The summed E-state index contributed by atoms with van der Waals surface area (Å²) < 4.78 is 37.5. The Morgan fingerprint density at radius 3 is 1.97 bits per heavy atom. The van der Waals surface area contributed by atoms with Gasteiger partial charge in [0.25, 0.3) is 10.1 Å². The van der Waals surface area contributed by atoms with Crippen molar-refractivity contribution in [3.8, 4) is 5.75 Å². The van der Waals surface area contributed by atoms with E-state index in [9.17, 15) is 8.42 Å². The predicted molar refractivity (Wildman–Crippen MR) is 132 cm³/mol. The lowest BCUT2D eigenvalue weighted by molar-refractivity contribution is 0.303. The van der Waals surface area contributed by atoms with Gasteiger partial charge in [-0.2, -0.15) is 8.42 Å². The third kappa shape index (κ3) is 13.2. The molecule has 0 radical (unpaired) electrons. The highest BCUT2D eigenvalue weighted by Crippen LogP contribution is 2.25. The van der Waals surface area contributed by atoms with Crippen LogP contribution in [0.3, 0.4) is 0 Å². The lowest BCUT2D eigenvalue weighted by atomic mass is 9.99. The van der Waals surface area contributed by atoms with E-state index in [1.807, 2.05) is 0 Å². The molecule has 0 aliphatic carbocycles. The standard InChI is InChI=1S/C26H46O4S/c1-4-6-8-10-12-14-16-24-18-19-26(30-21-20-23(3)31(27,28)29)25(22-24)17-15-13-11-9-7-5-2/h18-19,22-23H,4-17,20-21H2,1-3H3,(H,27,28,29). The molecule has 1 N–H and O–H groups in total. The molecule has 0 heterocycles. The Morgan fingerprint density at radius 1 is 0.839 bits per heavy atom. The minimum atomic E-state index is -4.00. The summed E-state index contributed by atoms with van der Waals surface area (Å²) in [6, 6.07) is 6.49. The van der Waals surface area contributed by atoms with E-state index in [-0.39, 0.29) is 6.42 Å². The Hall–Kier alpha value is -1.07. The van der Waals surface area contributed by atoms with E-state index >= 15 is 0 Å². The first-order valence-corrected chi connectivity index (χ1v) is 14.1. The molecule has 0 aliphatic heterocycles. The van der Waals surface area contributed by atoms with E-state index in [2.05, 4.69) is 32.0 Å². The zero-order chi connectivity index (χ0) is 23.0. The molecule has 0 saturated heterocycles. The predicted octanol–water partition coefficient (Wildman–Crippen LogP) is 7.54. The van der Waals surface area contributed by atoms with Crippen LogP contribution in [-0.2, 0) is 23.0 Å². The van der Waals surface area contributed by atoms with Crippen molar-refractivity contribution in [3.05, 3.63) is 29.3 Å². The van der Waals surface area contributed by atoms with Gasteiger partial charge < -0.3 is 4.74 Å². The molecule has 180 valence electrons. The first-order valence-electron chi connectivity index (χ1n) is 12.6. The second-order valence-electron chi connectivity index (χ2n) is 8.94. The van der Waals surface area contributed by atoms with Crippen molar-refractivity contribution in [2.45, 2.75) is 122 Å². The fraction of sp³-hybridized carbons (Fsp3) is 0.769. The quantitative estimate of drug-likeness (QED) is 0.173. The van der Waals surface area contributed by atoms with Crippen LogP contribution in [0.5, 0.6) is 5.75 Å². The molecule has 0 bridgehead atoms. The van der Waals surface area contributed by atoms with E-state index in [0.29, 0.717) is 6.61 Å². The highest BCUT2D eigenvalue weighted by atomic mass is 32.2. The minimum absolute atomic E-state index is 0.287. The average molecular weight is 455 g/mol. The van der Waals surface area contributed by atoms with Gasteiger partial charge in [-0.15, -0.1) is 0 Å². The van der Waals surface area contributed by atoms with E-state index in [4.69, 9.17) is 9.29 Å². The summed E-state index contributed by atoms with van der Waals surface area (Å²) in [6.45, 7) is 6.29. The first kappa shape index (κ1) is 28.0. The summed E-state index contributed by atoms with van der Waals surface area (Å²) in [4.78, 5) is 0. The first-order chi connectivity index (χ1) is 14.9.